The van der Waals surface area contributed by atoms with Gasteiger partial charge in [0.05, 0.1) is 6.10 Å². The Bertz CT molecular complexity index is 250. The van der Waals surface area contributed by atoms with Crippen LogP contribution in [-0.2, 0) is 4.74 Å². The molecule has 1 saturated carbocycles. The summed E-state index contributed by atoms with van der Waals surface area (Å²) in [6, 6.07) is 1.34. The first-order valence-corrected chi connectivity index (χ1v) is 6.38. The van der Waals surface area contributed by atoms with Crippen molar-refractivity contribution in [3.05, 3.63) is 12.2 Å². The van der Waals surface area contributed by atoms with Crippen LogP contribution < -0.4 is 5.32 Å². The molecule has 2 atom stereocenters. The van der Waals surface area contributed by atoms with Gasteiger partial charge in [-0.05, 0) is 38.8 Å². The number of hydrogen-bond acceptors (Lipinski definition) is 3. The van der Waals surface area contributed by atoms with Gasteiger partial charge in [0.15, 0.2) is 0 Å². The molecule has 0 aromatic rings. The molecule has 1 saturated heterocycles. The minimum absolute atomic E-state index is 0.370. The number of hydrogen-bond donors (Lipinski definition) is 1. The van der Waals surface area contributed by atoms with Gasteiger partial charge in [-0.15, -0.1) is 0 Å². The topological polar surface area (TPSA) is 24.5 Å². The number of nitrogens with one attached hydrogen (secondary N) is 1. The summed E-state index contributed by atoms with van der Waals surface area (Å²) >= 11 is 0. The lowest BCUT2D eigenvalue weighted by Crippen LogP contribution is -2.39. The third-order valence-corrected chi connectivity index (χ3v) is 3.59. The van der Waals surface area contributed by atoms with Crippen molar-refractivity contribution in [1.82, 2.24) is 10.2 Å². The molecule has 3 heteroatoms. The largest absolute Gasteiger partial charge is 0.377 e. The summed E-state index contributed by atoms with van der Waals surface area (Å²) in [5.74, 6) is 0. The average Bonchev–Trinajstić information content (AvgIpc) is 2.97. The second kappa shape index (κ2) is 5.30. The Labute approximate surface area is 98.8 Å². The number of likely N-dealkylation sites (N-methyl/N-ethyl adjacent to an activating group) is 1. The Balaban J connectivity index is 1.68. The van der Waals surface area contributed by atoms with Crippen molar-refractivity contribution in [1.29, 1.82) is 0 Å². The van der Waals surface area contributed by atoms with Gasteiger partial charge >= 0.3 is 0 Å². The Morgan fingerprint density at radius 1 is 1.44 bits per heavy atom. The van der Waals surface area contributed by atoms with E-state index in [1.165, 1.54) is 18.4 Å². The lowest BCUT2D eigenvalue weighted by atomic mass is 10.1. The zero-order valence-electron chi connectivity index (χ0n) is 10.5. The lowest BCUT2D eigenvalue weighted by molar-refractivity contribution is 0.0865. The minimum atomic E-state index is 0.370. The fraction of sp³-hybridized carbons (Fsp3) is 0.846. The highest BCUT2D eigenvalue weighted by Gasteiger charge is 2.28. The van der Waals surface area contributed by atoms with E-state index in [0.29, 0.717) is 12.1 Å². The summed E-state index contributed by atoms with van der Waals surface area (Å²) in [6.45, 7) is 9.17. The van der Waals surface area contributed by atoms with Crippen LogP contribution in [0.3, 0.4) is 0 Å². The standard InChI is InChI=1S/C13H24N2O/c1-10(8-14-12-4-5-12)9-15(3)13-6-7-16-11(13)2/h11-14H,1,4-9H2,2-3H3. The molecule has 2 rings (SSSR count). The second-order valence-corrected chi connectivity index (χ2v) is 5.25. The Kier molecular flexibility index (Phi) is 4.00. The zero-order valence-corrected chi connectivity index (χ0v) is 10.5. The van der Waals surface area contributed by atoms with Crippen LogP contribution in [0.4, 0.5) is 0 Å². The maximum atomic E-state index is 5.59. The lowest BCUT2D eigenvalue weighted by Gasteiger charge is -2.27. The van der Waals surface area contributed by atoms with Gasteiger partial charge in [0.2, 0.25) is 0 Å². The van der Waals surface area contributed by atoms with E-state index in [4.69, 9.17) is 4.74 Å². The average molecular weight is 224 g/mol. The molecule has 0 amide bonds. The molecule has 2 aliphatic rings. The first kappa shape index (κ1) is 12.1. The van der Waals surface area contributed by atoms with E-state index in [1.54, 1.807) is 0 Å². The van der Waals surface area contributed by atoms with Gasteiger partial charge in [-0.1, -0.05) is 6.58 Å². The number of nitrogens with zero attached hydrogens (tertiary/aromatic N) is 1. The molecule has 0 bridgehead atoms. The highest BCUT2D eigenvalue weighted by atomic mass is 16.5. The van der Waals surface area contributed by atoms with Crippen LogP contribution in [0.1, 0.15) is 26.2 Å². The van der Waals surface area contributed by atoms with Crippen LogP contribution in [0.5, 0.6) is 0 Å². The van der Waals surface area contributed by atoms with Gasteiger partial charge in [-0.2, -0.15) is 0 Å². The third kappa shape index (κ3) is 3.30. The van der Waals surface area contributed by atoms with Crippen molar-refractivity contribution in [3.63, 3.8) is 0 Å². The third-order valence-electron chi connectivity index (χ3n) is 3.59. The maximum Gasteiger partial charge on any atom is 0.0703 e. The van der Waals surface area contributed by atoms with E-state index in [9.17, 15) is 0 Å². The molecule has 0 radical (unpaired) electrons. The van der Waals surface area contributed by atoms with Crippen LogP contribution in [0, 0.1) is 0 Å². The second-order valence-electron chi connectivity index (χ2n) is 5.25. The van der Waals surface area contributed by atoms with Gasteiger partial charge in [0.25, 0.3) is 0 Å². The highest BCUT2D eigenvalue weighted by molar-refractivity contribution is 5.02. The molecule has 92 valence electrons. The first-order valence-electron chi connectivity index (χ1n) is 6.38. The van der Waals surface area contributed by atoms with Crippen LogP contribution >= 0.6 is 0 Å². The predicted octanol–water partition coefficient (Wildman–Crippen LogP) is 1.40. The molecule has 16 heavy (non-hydrogen) atoms. The molecule has 0 aromatic heterocycles. The highest BCUT2D eigenvalue weighted by Crippen LogP contribution is 2.20. The quantitative estimate of drug-likeness (QED) is 0.690. The van der Waals surface area contributed by atoms with E-state index in [0.717, 1.165) is 32.2 Å². The van der Waals surface area contributed by atoms with Crippen molar-refractivity contribution < 1.29 is 4.74 Å². The molecule has 1 heterocycles. The Hall–Kier alpha value is -0.380. The Morgan fingerprint density at radius 2 is 2.19 bits per heavy atom. The summed E-state index contributed by atoms with van der Waals surface area (Å²) in [6.07, 6.45) is 4.21. The predicted molar refractivity (Wildman–Crippen MR) is 66.6 cm³/mol. The van der Waals surface area contributed by atoms with Crippen molar-refractivity contribution in [2.24, 2.45) is 0 Å². The van der Waals surface area contributed by atoms with Crippen LogP contribution in [-0.4, -0.2) is 49.8 Å². The summed E-state index contributed by atoms with van der Waals surface area (Å²) in [5, 5.41) is 3.51. The van der Waals surface area contributed by atoms with Crippen molar-refractivity contribution >= 4 is 0 Å². The molecule has 1 aliphatic carbocycles. The van der Waals surface area contributed by atoms with Crippen molar-refractivity contribution in [2.45, 2.75) is 44.4 Å². The molecule has 0 aromatic carbocycles. The maximum absolute atomic E-state index is 5.59. The van der Waals surface area contributed by atoms with Gasteiger partial charge in [0.1, 0.15) is 0 Å². The van der Waals surface area contributed by atoms with Crippen LogP contribution in [0.15, 0.2) is 12.2 Å². The molecule has 1 N–H and O–H groups in total. The van der Waals surface area contributed by atoms with E-state index < -0.39 is 0 Å². The molecule has 2 fully saturated rings. The smallest absolute Gasteiger partial charge is 0.0703 e. The molecular weight excluding hydrogens is 200 g/mol. The van der Waals surface area contributed by atoms with E-state index in [-0.39, 0.29) is 0 Å². The molecule has 3 nitrogen and oxygen atoms in total. The van der Waals surface area contributed by atoms with Crippen LogP contribution in [0.25, 0.3) is 0 Å². The summed E-state index contributed by atoms with van der Waals surface area (Å²) in [4.78, 5) is 2.38. The summed E-state index contributed by atoms with van der Waals surface area (Å²) < 4.78 is 5.59. The fourth-order valence-electron chi connectivity index (χ4n) is 2.40. The van der Waals surface area contributed by atoms with E-state index in [2.05, 4.69) is 30.8 Å². The van der Waals surface area contributed by atoms with Gasteiger partial charge in [-0.25, -0.2) is 0 Å². The molecule has 0 spiro atoms. The van der Waals surface area contributed by atoms with Crippen molar-refractivity contribution in [3.8, 4) is 0 Å². The van der Waals surface area contributed by atoms with E-state index >= 15 is 0 Å². The summed E-state index contributed by atoms with van der Waals surface area (Å²) in [7, 11) is 2.18. The SMILES string of the molecule is C=C(CNC1CC1)CN(C)C1CCOC1C. The monoisotopic (exact) mass is 224 g/mol. The van der Waals surface area contributed by atoms with Crippen LogP contribution in [0.2, 0.25) is 0 Å². The van der Waals surface area contributed by atoms with Gasteiger partial charge in [0, 0.05) is 31.8 Å². The molecule has 1 aliphatic heterocycles. The molecular formula is C13H24N2O. The van der Waals surface area contributed by atoms with Gasteiger partial charge in [-0.3, -0.25) is 4.90 Å². The van der Waals surface area contributed by atoms with Crippen molar-refractivity contribution in [2.75, 3.05) is 26.7 Å². The van der Waals surface area contributed by atoms with E-state index in [1.807, 2.05) is 0 Å². The van der Waals surface area contributed by atoms with Gasteiger partial charge < -0.3 is 10.1 Å². The fourth-order valence-corrected chi connectivity index (χ4v) is 2.40. The number of ether oxygens (including phenoxy) is 1. The summed E-state index contributed by atoms with van der Waals surface area (Å²) in [5.41, 5.74) is 1.29. The Morgan fingerprint density at radius 3 is 2.75 bits per heavy atom. The number of rotatable bonds is 6. The molecule has 2 unspecified atom stereocenters. The zero-order chi connectivity index (χ0) is 11.5. The first-order chi connectivity index (χ1) is 7.66. The minimum Gasteiger partial charge on any atom is -0.377 e. The normalized spacial score (nSPS) is 29.9.